The van der Waals surface area contributed by atoms with Crippen molar-refractivity contribution in [1.82, 2.24) is 10.6 Å². The summed E-state index contributed by atoms with van der Waals surface area (Å²) >= 11 is 0. The van der Waals surface area contributed by atoms with E-state index in [1.807, 2.05) is 0 Å². The van der Waals surface area contributed by atoms with Crippen LogP contribution in [0.4, 0.5) is 0 Å². The van der Waals surface area contributed by atoms with Crippen molar-refractivity contribution in [2.45, 2.75) is 31.7 Å². The zero-order valence-electron chi connectivity index (χ0n) is 7.51. The second kappa shape index (κ2) is 3.36. The molecule has 72 valence electrons. The molecule has 0 aromatic heterocycles. The molecule has 1 unspecified atom stereocenters. The largest absolute Gasteiger partial charge is 0.354 e. The summed E-state index contributed by atoms with van der Waals surface area (Å²) in [7, 11) is 0. The zero-order chi connectivity index (χ0) is 9.26. The molecule has 0 spiro atoms. The van der Waals surface area contributed by atoms with Crippen molar-refractivity contribution in [2.75, 3.05) is 6.54 Å². The molecule has 0 aromatic carbocycles. The topological polar surface area (TPSA) is 58.2 Å². The first kappa shape index (κ1) is 8.53. The van der Waals surface area contributed by atoms with E-state index in [1.165, 1.54) is 0 Å². The van der Waals surface area contributed by atoms with E-state index in [0.29, 0.717) is 6.54 Å². The zero-order valence-corrected chi connectivity index (χ0v) is 7.51. The van der Waals surface area contributed by atoms with Gasteiger partial charge in [0.25, 0.3) is 0 Å². The number of hydrogen-bond donors (Lipinski definition) is 2. The van der Waals surface area contributed by atoms with Crippen LogP contribution in [0.25, 0.3) is 0 Å². The van der Waals surface area contributed by atoms with E-state index in [2.05, 4.69) is 10.6 Å². The van der Waals surface area contributed by atoms with Crippen LogP contribution in [-0.2, 0) is 9.59 Å². The summed E-state index contributed by atoms with van der Waals surface area (Å²) in [6.07, 6.45) is 3.85. The van der Waals surface area contributed by atoms with Crippen LogP contribution in [0.3, 0.4) is 0 Å². The molecule has 1 heterocycles. The Kier molecular flexibility index (Phi) is 2.20. The highest BCUT2D eigenvalue weighted by Gasteiger charge is 2.30. The molecular formula is C9H14N2O2. The van der Waals surface area contributed by atoms with Crippen LogP contribution in [0.15, 0.2) is 0 Å². The summed E-state index contributed by atoms with van der Waals surface area (Å²) in [5.74, 6) is 0.203. The van der Waals surface area contributed by atoms with E-state index < -0.39 is 0 Å². The van der Waals surface area contributed by atoms with Gasteiger partial charge in [-0.1, -0.05) is 6.42 Å². The van der Waals surface area contributed by atoms with E-state index in [0.717, 1.165) is 25.7 Å². The Hall–Kier alpha value is -1.06. The van der Waals surface area contributed by atoms with Gasteiger partial charge in [0.15, 0.2) is 0 Å². The van der Waals surface area contributed by atoms with Gasteiger partial charge in [0.1, 0.15) is 6.04 Å². The molecule has 2 fully saturated rings. The van der Waals surface area contributed by atoms with E-state index in [-0.39, 0.29) is 23.8 Å². The fourth-order valence-corrected chi connectivity index (χ4v) is 1.69. The summed E-state index contributed by atoms with van der Waals surface area (Å²) in [5, 5.41) is 5.48. The molecule has 4 nitrogen and oxygen atoms in total. The molecule has 2 aliphatic rings. The van der Waals surface area contributed by atoms with Crippen LogP contribution in [0, 0.1) is 5.92 Å². The molecule has 1 aliphatic carbocycles. The van der Waals surface area contributed by atoms with Crippen LogP contribution in [0.2, 0.25) is 0 Å². The van der Waals surface area contributed by atoms with E-state index >= 15 is 0 Å². The number of amides is 2. The molecule has 4 heteroatoms. The number of nitrogens with one attached hydrogen (secondary N) is 2. The van der Waals surface area contributed by atoms with Crippen molar-refractivity contribution in [1.29, 1.82) is 0 Å². The van der Waals surface area contributed by atoms with Gasteiger partial charge in [-0.2, -0.15) is 0 Å². The summed E-state index contributed by atoms with van der Waals surface area (Å²) in [6.45, 7) is 0.689. The SMILES string of the molecule is O=C(NC1CCNC1=O)C1CCC1. The van der Waals surface area contributed by atoms with Gasteiger partial charge in [0, 0.05) is 12.5 Å². The van der Waals surface area contributed by atoms with Crippen molar-refractivity contribution >= 4 is 11.8 Å². The first-order valence-corrected chi connectivity index (χ1v) is 4.85. The van der Waals surface area contributed by atoms with E-state index in [4.69, 9.17) is 0 Å². The first-order chi connectivity index (χ1) is 6.27. The molecule has 1 saturated carbocycles. The molecule has 2 rings (SSSR count). The van der Waals surface area contributed by atoms with E-state index in [9.17, 15) is 9.59 Å². The minimum Gasteiger partial charge on any atom is -0.354 e. The van der Waals surface area contributed by atoms with Gasteiger partial charge < -0.3 is 10.6 Å². The average molecular weight is 182 g/mol. The van der Waals surface area contributed by atoms with Gasteiger partial charge in [-0.3, -0.25) is 9.59 Å². The summed E-state index contributed by atoms with van der Waals surface area (Å²) in [6, 6.07) is -0.270. The predicted molar refractivity (Wildman–Crippen MR) is 46.9 cm³/mol. The molecule has 1 atom stereocenters. The van der Waals surface area contributed by atoms with Crippen LogP contribution >= 0.6 is 0 Å². The minimum atomic E-state index is -0.270. The molecule has 1 aliphatic heterocycles. The van der Waals surface area contributed by atoms with E-state index in [1.54, 1.807) is 0 Å². The lowest BCUT2D eigenvalue weighted by Gasteiger charge is -2.25. The molecule has 0 bridgehead atoms. The maximum Gasteiger partial charge on any atom is 0.242 e. The lowest BCUT2D eigenvalue weighted by molar-refractivity contribution is -0.131. The standard InChI is InChI=1S/C9H14N2O2/c12-8(6-2-1-3-6)11-7-4-5-10-9(7)13/h6-7H,1-5H2,(H,10,13)(H,11,12). The van der Waals surface area contributed by atoms with Crippen molar-refractivity contribution in [3.63, 3.8) is 0 Å². The Morgan fingerprint density at radius 3 is 2.62 bits per heavy atom. The predicted octanol–water partition coefficient (Wildman–Crippen LogP) is -0.209. The van der Waals surface area contributed by atoms with Gasteiger partial charge in [0.2, 0.25) is 11.8 Å². The average Bonchev–Trinajstić information content (AvgIpc) is 2.32. The van der Waals surface area contributed by atoms with Crippen LogP contribution < -0.4 is 10.6 Å². The fourth-order valence-electron chi connectivity index (χ4n) is 1.69. The smallest absolute Gasteiger partial charge is 0.242 e. The third kappa shape index (κ3) is 1.66. The highest BCUT2D eigenvalue weighted by Crippen LogP contribution is 2.26. The second-order valence-electron chi connectivity index (χ2n) is 3.77. The van der Waals surface area contributed by atoms with Crippen LogP contribution in [-0.4, -0.2) is 24.4 Å². The van der Waals surface area contributed by atoms with Crippen LogP contribution in [0.1, 0.15) is 25.7 Å². The summed E-state index contributed by atoms with van der Waals surface area (Å²) in [5.41, 5.74) is 0. The lowest BCUT2D eigenvalue weighted by atomic mass is 9.84. The third-order valence-electron chi connectivity index (χ3n) is 2.84. The van der Waals surface area contributed by atoms with Gasteiger partial charge in [-0.05, 0) is 19.3 Å². The Balaban J connectivity index is 1.82. The normalized spacial score (nSPS) is 28.0. The van der Waals surface area contributed by atoms with Gasteiger partial charge in [0.05, 0.1) is 0 Å². The molecule has 2 N–H and O–H groups in total. The number of hydrogen-bond acceptors (Lipinski definition) is 2. The second-order valence-corrected chi connectivity index (χ2v) is 3.77. The highest BCUT2D eigenvalue weighted by atomic mass is 16.2. The van der Waals surface area contributed by atoms with Crippen LogP contribution in [0.5, 0.6) is 0 Å². The highest BCUT2D eigenvalue weighted by molar-refractivity contribution is 5.89. The molecule has 1 saturated heterocycles. The molecule has 0 radical (unpaired) electrons. The number of carbonyl (C=O) groups excluding carboxylic acids is 2. The number of rotatable bonds is 2. The fraction of sp³-hybridized carbons (Fsp3) is 0.778. The molecular weight excluding hydrogens is 168 g/mol. The maximum absolute atomic E-state index is 11.4. The van der Waals surface area contributed by atoms with Crippen molar-refractivity contribution in [3.05, 3.63) is 0 Å². The Bertz CT molecular complexity index is 236. The first-order valence-electron chi connectivity index (χ1n) is 4.85. The van der Waals surface area contributed by atoms with Crippen molar-refractivity contribution in [2.24, 2.45) is 5.92 Å². The monoisotopic (exact) mass is 182 g/mol. The number of carbonyl (C=O) groups is 2. The third-order valence-corrected chi connectivity index (χ3v) is 2.84. The lowest BCUT2D eigenvalue weighted by Crippen LogP contribution is -2.44. The Labute approximate surface area is 77.1 Å². The van der Waals surface area contributed by atoms with Gasteiger partial charge in [-0.25, -0.2) is 0 Å². The minimum absolute atomic E-state index is 0.0346. The quantitative estimate of drug-likeness (QED) is 0.621. The Morgan fingerprint density at radius 1 is 1.38 bits per heavy atom. The van der Waals surface area contributed by atoms with Crippen molar-refractivity contribution in [3.8, 4) is 0 Å². The van der Waals surface area contributed by atoms with Gasteiger partial charge >= 0.3 is 0 Å². The molecule has 0 aromatic rings. The van der Waals surface area contributed by atoms with Crippen molar-refractivity contribution < 1.29 is 9.59 Å². The summed E-state index contributed by atoms with van der Waals surface area (Å²) in [4.78, 5) is 22.5. The Morgan fingerprint density at radius 2 is 2.15 bits per heavy atom. The summed E-state index contributed by atoms with van der Waals surface area (Å²) < 4.78 is 0. The molecule has 13 heavy (non-hydrogen) atoms. The maximum atomic E-state index is 11.4. The van der Waals surface area contributed by atoms with Gasteiger partial charge in [-0.15, -0.1) is 0 Å². The molecule has 2 amide bonds.